The lowest BCUT2D eigenvalue weighted by molar-refractivity contribution is 0.664. The first kappa shape index (κ1) is 13.7. The maximum absolute atomic E-state index is 4.60. The van der Waals surface area contributed by atoms with E-state index in [0.29, 0.717) is 0 Å². The molecule has 0 fully saturated rings. The third-order valence-electron chi connectivity index (χ3n) is 3.22. The Labute approximate surface area is 113 Å². The molecule has 0 bridgehead atoms. The molecular weight excluding hydrogens is 240 g/mol. The number of nitrogens with zero attached hydrogens (tertiary/aromatic N) is 5. The van der Waals surface area contributed by atoms with Gasteiger partial charge in [0.1, 0.15) is 5.82 Å². The summed E-state index contributed by atoms with van der Waals surface area (Å²) in [7, 11) is 3.89. The molecule has 6 heteroatoms. The van der Waals surface area contributed by atoms with Crippen molar-refractivity contribution in [3.05, 3.63) is 22.9 Å². The Morgan fingerprint density at radius 2 is 1.89 bits per heavy atom. The van der Waals surface area contributed by atoms with Crippen molar-refractivity contribution in [2.75, 3.05) is 7.05 Å². The molecule has 0 atom stereocenters. The smallest absolute Gasteiger partial charge is 0.158 e. The van der Waals surface area contributed by atoms with Gasteiger partial charge in [-0.05, 0) is 14.0 Å². The van der Waals surface area contributed by atoms with Crippen molar-refractivity contribution in [3.63, 3.8) is 0 Å². The summed E-state index contributed by atoms with van der Waals surface area (Å²) in [6, 6.07) is 0. The van der Waals surface area contributed by atoms with Crippen LogP contribution in [0.3, 0.4) is 0 Å². The summed E-state index contributed by atoms with van der Waals surface area (Å²) >= 11 is 0. The number of rotatable bonds is 5. The quantitative estimate of drug-likeness (QED) is 0.878. The van der Waals surface area contributed by atoms with E-state index in [1.54, 1.807) is 0 Å². The van der Waals surface area contributed by atoms with Gasteiger partial charge in [-0.15, -0.1) is 5.10 Å². The molecule has 0 unspecified atom stereocenters. The maximum Gasteiger partial charge on any atom is 0.158 e. The van der Waals surface area contributed by atoms with Crippen molar-refractivity contribution in [2.24, 2.45) is 7.05 Å². The summed E-state index contributed by atoms with van der Waals surface area (Å²) in [5.41, 5.74) is 2.20. The molecule has 2 aromatic heterocycles. The predicted octanol–water partition coefficient (Wildman–Crippen LogP) is 1.15. The highest BCUT2D eigenvalue weighted by atomic mass is 15.4. The minimum Gasteiger partial charge on any atom is -0.315 e. The van der Waals surface area contributed by atoms with Crippen LogP contribution in [0.1, 0.15) is 36.8 Å². The van der Waals surface area contributed by atoms with Gasteiger partial charge in [0.2, 0.25) is 0 Å². The van der Waals surface area contributed by atoms with Crippen molar-refractivity contribution in [1.82, 2.24) is 29.9 Å². The molecule has 19 heavy (non-hydrogen) atoms. The summed E-state index contributed by atoms with van der Waals surface area (Å²) in [6.07, 6.45) is 1.70. The maximum atomic E-state index is 4.60. The molecule has 0 radical (unpaired) electrons. The third-order valence-corrected chi connectivity index (χ3v) is 3.22. The zero-order chi connectivity index (χ0) is 14.0. The van der Waals surface area contributed by atoms with Crippen LogP contribution in [0, 0.1) is 6.92 Å². The summed E-state index contributed by atoms with van der Waals surface area (Å²) in [6.45, 7) is 6.97. The number of nitrogens with one attached hydrogen (secondary N) is 1. The second-order valence-corrected chi connectivity index (χ2v) is 4.60. The minimum atomic E-state index is 0.777. The highest BCUT2D eigenvalue weighted by molar-refractivity contribution is 5.38. The molecule has 0 aliphatic heterocycles. The first-order valence-electron chi connectivity index (χ1n) is 6.74. The molecular formula is C13H22N6. The molecule has 2 rings (SSSR count). The van der Waals surface area contributed by atoms with Crippen LogP contribution in [-0.2, 0) is 26.4 Å². The van der Waals surface area contributed by atoms with Gasteiger partial charge in [-0.3, -0.25) is 4.68 Å². The molecule has 0 amide bonds. The summed E-state index contributed by atoms with van der Waals surface area (Å²) < 4.78 is 3.82. The number of hydrogen-bond acceptors (Lipinski definition) is 4. The summed E-state index contributed by atoms with van der Waals surface area (Å²) in [4.78, 5) is 4.57. The van der Waals surface area contributed by atoms with Gasteiger partial charge in [-0.1, -0.05) is 13.8 Å². The molecule has 0 aliphatic carbocycles. The Hall–Kier alpha value is -1.69. The van der Waals surface area contributed by atoms with Gasteiger partial charge in [-0.25, -0.2) is 4.98 Å². The van der Waals surface area contributed by atoms with E-state index >= 15 is 0 Å². The fourth-order valence-corrected chi connectivity index (χ4v) is 2.28. The fourth-order valence-electron chi connectivity index (χ4n) is 2.28. The third kappa shape index (κ3) is 2.40. The Morgan fingerprint density at radius 1 is 1.16 bits per heavy atom. The highest BCUT2D eigenvalue weighted by Crippen LogP contribution is 2.19. The largest absolute Gasteiger partial charge is 0.315 e. The second-order valence-electron chi connectivity index (χ2n) is 4.60. The van der Waals surface area contributed by atoms with Gasteiger partial charge >= 0.3 is 0 Å². The van der Waals surface area contributed by atoms with E-state index in [1.807, 2.05) is 30.4 Å². The molecule has 0 aromatic carbocycles. The van der Waals surface area contributed by atoms with Gasteiger partial charge in [0.25, 0.3) is 0 Å². The van der Waals surface area contributed by atoms with Crippen LogP contribution >= 0.6 is 0 Å². The zero-order valence-electron chi connectivity index (χ0n) is 12.4. The Kier molecular flexibility index (Phi) is 3.99. The molecule has 6 nitrogen and oxygen atoms in total. The van der Waals surface area contributed by atoms with Gasteiger partial charge in [0.05, 0.1) is 5.69 Å². The molecule has 0 aliphatic rings. The van der Waals surface area contributed by atoms with E-state index in [9.17, 15) is 0 Å². The number of aryl methyl sites for hydroxylation is 4. The van der Waals surface area contributed by atoms with Crippen molar-refractivity contribution in [2.45, 2.75) is 40.2 Å². The van der Waals surface area contributed by atoms with E-state index in [2.05, 4.69) is 34.3 Å². The van der Waals surface area contributed by atoms with Crippen LogP contribution in [0.5, 0.6) is 0 Å². The molecule has 2 heterocycles. The fraction of sp³-hybridized carbons (Fsp3) is 0.615. The first-order valence-corrected chi connectivity index (χ1v) is 6.74. The number of aromatic nitrogens is 5. The van der Waals surface area contributed by atoms with Crippen LogP contribution in [0.2, 0.25) is 0 Å². The lowest BCUT2D eigenvalue weighted by atomic mass is 10.2. The molecule has 0 spiro atoms. The van der Waals surface area contributed by atoms with Crippen LogP contribution < -0.4 is 5.32 Å². The van der Waals surface area contributed by atoms with Crippen molar-refractivity contribution in [1.29, 1.82) is 0 Å². The average Bonchev–Trinajstić information content (AvgIpc) is 2.91. The van der Waals surface area contributed by atoms with Crippen molar-refractivity contribution < 1.29 is 0 Å². The van der Waals surface area contributed by atoms with Crippen LogP contribution in [0.4, 0.5) is 0 Å². The Morgan fingerprint density at radius 3 is 2.47 bits per heavy atom. The van der Waals surface area contributed by atoms with Crippen molar-refractivity contribution in [3.8, 4) is 5.82 Å². The SMILES string of the molecule is CCc1nc(CC)n(-c2c(CNC)c(C)nn2C)n1. The highest BCUT2D eigenvalue weighted by Gasteiger charge is 2.18. The molecule has 1 N–H and O–H groups in total. The first-order chi connectivity index (χ1) is 9.12. The van der Waals surface area contributed by atoms with Crippen LogP contribution in [0.15, 0.2) is 0 Å². The predicted molar refractivity (Wildman–Crippen MR) is 74.4 cm³/mol. The van der Waals surface area contributed by atoms with Gasteiger partial charge in [0, 0.05) is 32.0 Å². The summed E-state index contributed by atoms with van der Waals surface area (Å²) in [5.74, 6) is 2.87. The zero-order valence-corrected chi connectivity index (χ0v) is 12.4. The summed E-state index contributed by atoms with van der Waals surface area (Å²) in [5, 5.41) is 12.3. The number of hydrogen-bond donors (Lipinski definition) is 1. The van der Waals surface area contributed by atoms with E-state index < -0.39 is 0 Å². The normalized spacial score (nSPS) is 11.2. The molecule has 0 saturated carbocycles. The van der Waals surface area contributed by atoms with Gasteiger partial charge in [-0.2, -0.15) is 9.78 Å². The van der Waals surface area contributed by atoms with E-state index in [4.69, 9.17) is 0 Å². The standard InChI is InChI=1S/C13H22N6/c1-6-11-15-12(7-2)19(17-11)13-10(8-14-4)9(3)16-18(13)5/h14H,6-8H2,1-5H3. The molecule has 2 aromatic rings. The van der Waals surface area contributed by atoms with E-state index in [1.165, 1.54) is 5.56 Å². The molecule has 0 saturated heterocycles. The monoisotopic (exact) mass is 262 g/mol. The van der Waals surface area contributed by atoms with E-state index in [-0.39, 0.29) is 0 Å². The Balaban J connectivity index is 2.60. The second kappa shape index (κ2) is 5.52. The molecule has 104 valence electrons. The van der Waals surface area contributed by atoms with Gasteiger partial charge in [0.15, 0.2) is 11.6 Å². The van der Waals surface area contributed by atoms with Crippen LogP contribution in [0.25, 0.3) is 5.82 Å². The van der Waals surface area contributed by atoms with E-state index in [0.717, 1.165) is 42.5 Å². The van der Waals surface area contributed by atoms with Crippen molar-refractivity contribution >= 4 is 0 Å². The minimum absolute atomic E-state index is 0.777. The lowest BCUT2D eigenvalue weighted by Crippen LogP contribution is -2.13. The average molecular weight is 262 g/mol. The Bertz CT molecular complexity index is 566. The van der Waals surface area contributed by atoms with Crippen LogP contribution in [-0.4, -0.2) is 31.6 Å². The lowest BCUT2D eigenvalue weighted by Gasteiger charge is -2.08. The van der Waals surface area contributed by atoms with Gasteiger partial charge < -0.3 is 5.32 Å². The topological polar surface area (TPSA) is 60.6 Å².